The molecule has 0 atom stereocenters. The van der Waals surface area contributed by atoms with Crippen LogP contribution in [0.5, 0.6) is 5.75 Å². The van der Waals surface area contributed by atoms with E-state index in [2.05, 4.69) is 5.32 Å². The van der Waals surface area contributed by atoms with Gasteiger partial charge in [-0.05, 0) is 35.9 Å². The molecule has 26 heavy (non-hydrogen) atoms. The highest BCUT2D eigenvalue weighted by atomic mass is 19.1. The molecule has 6 heteroatoms. The molecule has 0 saturated heterocycles. The number of rotatable bonds is 5. The van der Waals surface area contributed by atoms with Crippen molar-refractivity contribution < 1.29 is 13.9 Å². The minimum atomic E-state index is -0.373. The molecular weight excluding hydrogens is 335 g/mol. The second-order valence-corrected chi connectivity index (χ2v) is 5.70. The minimum Gasteiger partial charge on any atom is -0.497 e. The second kappa shape index (κ2) is 7.65. The van der Waals surface area contributed by atoms with Crippen molar-refractivity contribution in [2.24, 2.45) is 0 Å². The zero-order chi connectivity index (χ0) is 18.5. The molecule has 5 nitrogen and oxygen atoms in total. The SMILES string of the molecule is COc1cccc(NC(=O)c2ccc(=O)n(Cc3cccc(F)c3)c2)c1. The van der Waals surface area contributed by atoms with Crippen molar-refractivity contribution in [1.82, 2.24) is 4.57 Å². The van der Waals surface area contributed by atoms with Gasteiger partial charge >= 0.3 is 0 Å². The fraction of sp³-hybridized carbons (Fsp3) is 0.100. The lowest BCUT2D eigenvalue weighted by Crippen LogP contribution is -2.22. The van der Waals surface area contributed by atoms with Crippen LogP contribution in [0.1, 0.15) is 15.9 Å². The molecule has 0 aliphatic heterocycles. The average molecular weight is 352 g/mol. The number of nitrogens with one attached hydrogen (secondary N) is 1. The first kappa shape index (κ1) is 17.4. The summed E-state index contributed by atoms with van der Waals surface area (Å²) < 4.78 is 19.8. The third-order valence-corrected chi connectivity index (χ3v) is 3.82. The highest BCUT2D eigenvalue weighted by molar-refractivity contribution is 6.04. The van der Waals surface area contributed by atoms with Crippen LogP contribution in [0.25, 0.3) is 0 Å². The molecule has 1 amide bonds. The van der Waals surface area contributed by atoms with E-state index < -0.39 is 0 Å². The van der Waals surface area contributed by atoms with Crippen molar-refractivity contribution in [2.75, 3.05) is 12.4 Å². The van der Waals surface area contributed by atoms with E-state index in [1.165, 1.54) is 35.0 Å². The highest BCUT2D eigenvalue weighted by Crippen LogP contribution is 2.17. The van der Waals surface area contributed by atoms with Gasteiger partial charge in [-0.2, -0.15) is 0 Å². The average Bonchev–Trinajstić information content (AvgIpc) is 2.63. The Morgan fingerprint density at radius 1 is 1.12 bits per heavy atom. The van der Waals surface area contributed by atoms with Crippen LogP contribution in [-0.2, 0) is 6.54 Å². The van der Waals surface area contributed by atoms with Crippen LogP contribution in [0, 0.1) is 5.82 Å². The van der Waals surface area contributed by atoms with Gasteiger partial charge in [0.1, 0.15) is 11.6 Å². The van der Waals surface area contributed by atoms with Crippen molar-refractivity contribution in [1.29, 1.82) is 0 Å². The van der Waals surface area contributed by atoms with Gasteiger partial charge in [-0.1, -0.05) is 18.2 Å². The lowest BCUT2D eigenvalue weighted by atomic mass is 10.2. The number of pyridine rings is 1. The predicted molar refractivity (Wildman–Crippen MR) is 97.2 cm³/mol. The van der Waals surface area contributed by atoms with Gasteiger partial charge in [-0.25, -0.2) is 4.39 Å². The molecule has 2 aromatic carbocycles. The van der Waals surface area contributed by atoms with Crippen LogP contribution in [0.4, 0.5) is 10.1 Å². The zero-order valence-electron chi connectivity index (χ0n) is 14.1. The topological polar surface area (TPSA) is 60.3 Å². The molecule has 132 valence electrons. The summed E-state index contributed by atoms with van der Waals surface area (Å²) in [4.78, 5) is 24.5. The molecule has 1 N–H and O–H groups in total. The maximum Gasteiger partial charge on any atom is 0.257 e. The Kier molecular flexibility index (Phi) is 5.12. The molecule has 1 heterocycles. The maximum atomic E-state index is 13.3. The summed E-state index contributed by atoms with van der Waals surface area (Å²) in [6, 6.07) is 15.7. The van der Waals surface area contributed by atoms with Gasteiger partial charge in [0.2, 0.25) is 0 Å². The standard InChI is InChI=1S/C20H17FN2O3/c1-26-18-7-3-6-17(11-18)22-20(25)15-8-9-19(24)23(13-15)12-14-4-2-5-16(21)10-14/h2-11,13H,12H2,1H3,(H,22,25). The number of hydrogen-bond donors (Lipinski definition) is 1. The fourth-order valence-corrected chi connectivity index (χ4v) is 2.53. The van der Waals surface area contributed by atoms with Crippen molar-refractivity contribution in [3.63, 3.8) is 0 Å². The summed E-state index contributed by atoms with van der Waals surface area (Å²) in [5.74, 6) is -0.104. The van der Waals surface area contributed by atoms with Crippen LogP contribution < -0.4 is 15.6 Å². The highest BCUT2D eigenvalue weighted by Gasteiger charge is 2.09. The van der Waals surface area contributed by atoms with E-state index in [0.29, 0.717) is 22.6 Å². The summed E-state index contributed by atoms with van der Waals surface area (Å²) in [6.45, 7) is 0.177. The van der Waals surface area contributed by atoms with Crippen molar-refractivity contribution in [3.8, 4) is 5.75 Å². The quantitative estimate of drug-likeness (QED) is 0.766. The number of hydrogen-bond acceptors (Lipinski definition) is 3. The largest absolute Gasteiger partial charge is 0.497 e. The zero-order valence-corrected chi connectivity index (χ0v) is 14.1. The number of ether oxygens (including phenoxy) is 1. The lowest BCUT2D eigenvalue weighted by Gasteiger charge is -2.10. The number of nitrogens with zero attached hydrogens (tertiary/aromatic N) is 1. The Labute approximate surface area is 149 Å². The van der Waals surface area contributed by atoms with E-state index in [9.17, 15) is 14.0 Å². The summed E-state index contributed by atoms with van der Waals surface area (Å²) in [6.07, 6.45) is 1.46. The van der Waals surface area contributed by atoms with E-state index in [4.69, 9.17) is 4.74 Å². The first-order valence-corrected chi connectivity index (χ1v) is 7.95. The summed E-state index contributed by atoms with van der Waals surface area (Å²) in [5.41, 5.74) is 1.27. The lowest BCUT2D eigenvalue weighted by molar-refractivity contribution is 0.102. The number of carbonyl (C=O) groups is 1. The maximum absolute atomic E-state index is 13.3. The third kappa shape index (κ3) is 4.16. The molecule has 0 aliphatic rings. The third-order valence-electron chi connectivity index (χ3n) is 3.82. The Hall–Kier alpha value is -3.41. The van der Waals surface area contributed by atoms with Crippen LogP contribution in [0.2, 0.25) is 0 Å². The van der Waals surface area contributed by atoms with Crippen LogP contribution in [-0.4, -0.2) is 17.6 Å². The van der Waals surface area contributed by atoms with Gasteiger partial charge in [0.05, 0.1) is 19.2 Å². The molecule has 3 rings (SSSR count). The molecule has 1 aromatic heterocycles. The van der Waals surface area contributed by atoms with Crippen LogP contribution >= 0.6 is 0 Å². The Balaban J connectivity index is 1.82. The number of benzene rings is 2. The number of carbonyl (C=O) groups excluding carboxylic acids is 1. The Morgan fingerprint density at radius 2 is 1.92 bits per heavy atom. The van der Waals surface area contributed by atoms with Crippen molar-refractivity contribution in [3.05, 3.63) is 94.2 Å². The summed E-state index contributed by atoms with van der Waals surface area (Å²) in [7, 11) is 1.54. The molecule has 0 radical (unpaired) electrons. The fourth-order valence-electron chi connectivity index (χ4n) is 2.53. The first-order valence-electron chi connectivity index (χ1n) is 7.95. The first-order chi connectivity index (χ1) is 12.5. The minimum absolute atomic E-state index is 0.177. The van der Waals surface area contributed by atoms with Crippen LogP contribution in [0.15, 0.2) is 71.7 Å². The Morgan fingerprint density at radius 3 is 2.69 bits per heavy atom. The Bertz CT molecular complexity index is 998. The number of methoxy groups -OCH3 is 1. The number of amides is 1. The molecule has 0 fully saturated rings. The molecule has 3 aromatic rings. The monoisotopic (exact) mass is 352 g/mol. The molecule has 0 aliphatic carbocycles. The predicted octanol–water partition coefficient (Wildman–Crippen LogP) is 3.30. The molecule has 0 bridgehead atoms. The molecular formula is C20H17FN2O3. The van der Waals surface area contributed by atoms with E-state index in [1.807, 2.05) is 0 Å². The number of aromatic nitrogens is 1. The molecule has 0 spiro atoms. The van der Waals surface area contributed by atoms with E-state index >= 15 is 0 Å². The van der Waals surface area contributed by atoms with Crippen LogP contribution in [0.3, 0.4) is 0 Å². The van der Waals surface area contributed by atoms with E-state index in [0.717, 1.165) is 0 Å². The smallest absolute Gasteiger partial charge is 0.257 e. The van der Waals surface area contributed by atoms with Crippen molar-refractivity contribution in [2.45, 2.75) is 6.54 Å². The van der Waals surface area contributed by atoms with Gasteiger partial charge in [0.15, 0.2) is 0 Å². The van der Waals surface area contributed by atoms with Gasteiger partial charge in [0.25, 0.3) is 11.5 Å². The molecule has 0 unspecified atom stereocenters. The summed E-state index contributed by atoms with van der Waals surface area (Å²) >= 11 is 0. The van der Waals surface area contributed by atoms with Gasteiger partial charge < -0.3 is 14.6 Å². The summed E-state index contributed by atoms with van der Waals surface area (Å²) in [5, 5.41) is 2.76. The van der Waals surface area contributed by atoms with Crippen molar-refractivity contribution >= 4 is 11.6 Å². The van der Waals surface area contributed by atoms with E-state index in [1.54, 1.807) is 43.5 Å². The van der Waals surface area contributed by atoms with E-state index in [-0.39, 0.29) is 23.8 Å². The normalized spacial score (nSPS) is 10.4. The van der Waals surface area contributed by atoms with Gasteiger partial charge in [0, 0.05) is 24.0 Å². The van der Waals surface area contributed by atoms with Gasteiger partial charge in [-0.3, -0.25) is 9.59 Å². The second-order valence-electron chi connectivity index (χ2n) is 5.70. The van der Waals surface area contributed by atoms with Gasteiger partial charge in [-0.15, -0.1) is 0 Å². The number of anilines is 1. The molecule has 0 saturated carbocycles. The number of halogens is 1.